The number of ketones is 1. The van der Waals surface area contributed by atoms with Crippen molar-refractivity contribution < 1.29 is 9.90 Å². The summed E-state index contributed by atoms with van der Waals surface area (Å²) < 4.78 is 0. The Hall–Kier alpha value is -1.31. The topological polar surface area (TPSA) is 37.3 Å². The molecule has 1 aliphatic carbocycles. The zero-order valence-electron chi connectivity index (χ0n) is 7.79. The fourth-order valence-electron chi connectivity index (χ4n) is 2.12. The van der Waals surface area contributed by atoms with Gasteiger partial charge in [0.1, 0.15) is 5.75 Å². The normalized spacial score (nSPS) is 20.5. The fraction of sp³-hybridized carbons (Fsp3) is 0.364. The van der Waals surface area contributed by atoms with Gasteiger partial charge in [-0.3, -0.25) is 4.79 Å². The highest BCUT2D eigenvalue weighted by Gasteiger charge is 2.30. The van der Waals surface area contributed by atoms with Gasteiger partial charge in [0.15, 0.2) is 5.78 Å². The molecular weight excluding hydrogens is 164 g/mol. The zero-order chi connectivity index (χ0) is 9.59. The molecule has 0 radical (unpaired) electrons. The summed E-state index contributed by atoms with van der Waals surface area (Å²) in [5.41, 5.74) is 2.68. The number of phenols is 1. The predicted octanol–water partition coefficient (Wildman–Crippen LogP) is 2.39. The Morgan fingerprint density at radius 2 is 2.15 bits per heavy atom. The first-order valence-electron chi connectivity index (χ1n) is 4.47. The van der Waals surface area contributed by atoms with Gasteiger partial charge in [-0.05, 0) is 30.0 Å². The van der Waals surface area contributed by atoms with Crippen LogP contribution in [0.15, 0.2) is 12.1 Å². The van der Waals surface area contributed by atoms with Gasteiger partial charge in [0.05, 0.1) is 5.56 Å². The average Bonchev–Trinajstić information content (AvgIpc) is 2.36. The van der Waals surface area contributed by atoms with Crippen LogP contribution < -0.4 is 0 Å². The summed E-state index contributed by atoms with van der Waals surface area (Å²) in [6, 6.07) is 3.47. The van der Waals surface area contributed by atoms with E-state index in [4.69, 9.17) is 0 Å². The Bertz CT molecular complexity index is 380. The maximum atomic E-state index is 11.5. The first kappa shape index (κ1) is 8.30. The SMILES string of the molecule is Cc1ccc(O)c2c1[C@H](C)CC2=O. The second-order valence-corrected chi connectivity index (χ2v) is 3.72. The number of carbonyl (C=O) groups excluding carboxylic acids is 1. The lowest BCUT2D eigenvalue weighted by molar-refractivity contribution is 0.0988. The van der Waals surface area contributed by atoms with Crippen molar-refractivity contribution in [2.24, 2.45) is 0 Å². The standard InChI is InChI=1S/C11H12O2/c1-6-3-4-8(12)11-9(13)5-7(2)10(6)11/h3-4,7,12H,5H2,1-2H3/t7-/m1/s1. The molecule has 0 amide bonds. The Morgan fingerprint density at radius 3 is 2.77 bits per heavy atom. The van der Waals surface area contributed by atoms with Gasteiger partial charge in [0, 0.05) is 6.42 Å². The van der Waals surface area contributed by atoms with Crippen LogP contribution in [-0.4, -0.2) is 10.9 Å². The molecule has 0 aliphatic heterocycles. The van der Waals surface area contributed by atoms with Crippen LogP contribution in [0.5, 0.6) is 5.75 Å². The van der Waals surface area contributed by atoms with Gasteiger partial charge in [-0.15, -0.1) is 0 Å². The monoisotopic (exact) mass is 176 g/mol. The largest absolute Gasteiger partial charge is 0.507 e. The minimum absolute atomic E-state index is 0.0729. The van der Waals surface area contributed by atoms with Crippen LogP contribution in [-0.2, 0) is 0 Å². The van der Waals surface area contributed by atoms with Crippen molar-refractivity contribution in [2.75, 3.05) is 0 Å². The quantitative estimate of drug-likeness (QED) is 0.659. The Kier molecular flexibility index (Phi) is 1.65. The van der Waals surface area contributed by atoms with Gasteiger partial charge in [-0.1, -0.05) is 13.0 Å². The molecule has 1 atom stereocenters. The smallest absolute Gasteiger partial charge is 0.167 e. The molecule has 13 heavy (non-hydrogen) atoms. The molecule has 0 aromatic heterocycles. The van der Waals surface area contributed by atoms with E-state index in [-0.39, 0.29) is 17.5 Å². The highest BCUT2D eigenvalue weighted by atomic mass is 16.3. The number of rotatable bonds is 0. The second-order valence-electron chi connectivity index (χ2n) is 3.72. The Labute approximate surface area is 77.2 Å². The first-order chi connectivity index (χ1) is 6.11. The molecule has 1 aromatic rings. The highest BCUT2D eigenvalue weighted by Crippen LogP contribution is 2.39. The Balaban J connectivity index is 2.74. The molecule has 0 unspecified atom stereocenters. The van der Waals surface area contributed by atoms with Gasteiger partial charge in [-0.25, -0.2) is 0 Å². The number of aryl methyl sites for hydroxylation is 1. The van der Waals surface area contributed by atoms with Gasteiger partial charge < -0.3 is 5.11 Å². The van der Waals surface area contributed by atoms with E-state index in [9.17, 15) is 9.90 Å². The molecule has 0 heterocycles. The van der Waals surface area contributed by atoms with Crippen LogP contribution in [0.1, 0.15) is 40.7 Å². The summed E-state index contributed by atoms with van der Waals surface area (Å²) in [6.45, 7) is 4.00. The third kappa shape index (κ3) is 1.05. The minimum atomic E-state index is 0.0729. The number of hydrogen-bond donors (Lipinski definition) is 1. The summed E-state index contributed by atoms with van der Waals surface area (Å²) in [5.74, 6) is 0.466. The lowest BCUT2D eigenvalue weighted by atomic mass is 9.98. The molecule has 2 nitrogen and oxygen atoms in total. The highest BCUT2D eigenvalue weighted by molar-refractivity contribution is 6.04. The van der Waals surface area contributed by atoms with E-state index in [1.807, 2.05) is 19.9 Å². The minimum Gasteiger partial charge on any atom is -0.507 e. The van der Waals surface area contributed by atoms with E-state index in [1.165, 1.54) is 0 Å². The molecule has 1 aliphatic rings. The van der Waals surface area contributed by atoms with Crippen molar-refractivity contribution >= 4 is 5.78 Å². The third-order valence-corrected chi connectivity index (χ3v) is 2.70. The van der Waals surface area contributed by atoms with Crippen molar-refractivity contribution in [3.05, 3.63) is 28.8 Å². The van der Waals surface area contributed by atoms with Gasteiger partial charge in [-0.2, -0.15) is 0 Å². The molecule has 0 fully saturated rings. The maximum Gasteiger partial charge on any atom is 0.167 e. The lowest BCUT2D eigenvalue weighted by Crippen LogP contribution is -1.93. The molecule has 2 rings (SSSR count). The number of hydrogen-bond acceptors (Lipinski definition) is 2. The molecule has 68 valence electrons. The predicted molar refractivity (Wildman–Crippen MR) is 50.2 cm³/mol. The first-order valence-corrected chi connectivity index (χ1v) is 4.47. The average molecular weight is 176 g/mol. The van der Waals surface area contributed by atoms with Crippen LogP contribution in [0.2, 0.25) is 0 Å². The zero-order valence-corrected chi connectivity index (χ0v) is 7.79. The Morgan fingerprint density at radius 1 is 1.46 bits per heavy atom. The van der Waals surface area contributed by atoms with E-state index < -0.39 is 0 Å². The summed E-state index contributed by atoms with van der Waals surface area (Å²) in [5, 5.41) is 9.52. The summed E-state index contributed by atoms with van der Waals surface area (Å²) in [6.07, 6.45) is 0.535. The van der Waals surface area contributed by atoms with E-state index in [0.29, 0.717) is 12.0 Å². The molecule has 1 aromatic carbocycles. The van der Waals surface area contributed by atoms with Crippen molar-refractivity contribution in [1.29, 1.82) is 0 Å². The van der Waals surface area contributed by atoms with E-state index in [0.717, 1.165) is 11.1 Å². The number of phenolic OH excluding ortho intramolecular Hbond substituents is 1. The lowest BCUT2D eigenvalue weighted by Gasteiger charge is -2.07. The summed E-state index contributed by atoms with van der Waals surface area (Å²) >= 11 is 0. The maximum absolute atomic E-state index is 11.5. The van der Waals surface area contributed by atoms with Gasteiger partial charge in [0.2, 0.25) is 0 Å². The number of fused-ring (bicyclic) bond motifs is 1. The van der Waals surface area contributed by atoms with Crippen molar-refractivity contribution in [1.82, 2.24) is 0 Å². The van der Waals surface area contributed by atoms with E-state index in [2.05, 4.69) is 0 Å². The molecule has 0 saturated heterocycles. The van der Waals surface area contributed by atoms with Crippen LogP contribution in [0.25, 0.3) is 0 Å². The summed E-state index contributed by atoms with van der Waals surface area (Å²) in [4.78, 5) is 11.5. The van der Waals surface area contributed by atoms with Crippen LogP contribution in [0, 0.1) is 6.92 Å². The van der Waals surface area contributed by atoms with E-state index >= 15 is 0 Å². The second kappa shape index (κ2) is 2.59. The molecule has 1 N–H and O–H groups in total. The molecule has 0 spiro atoms. The van der Waals surface area contributed by atoms with Gasteiger partial charge >= 0.3 is 0 Å². The van der Waals surface area contributed by atoms with Crippen LogP contribution in [0.4, 0.5) is 0 Å². The van der Waals surface area contributed by atoms with Crippen LogP contribution in [0.3, 0.4) is 0 Å². The number of Topliss-reactive ketones (excluding diaryl/α,β-unsaturated/α-hetero) is 1. The van der Waals surface area contributed by atoms with Crippen LogP contribution >= 0.6 is 0 Å². The van der Waals surface area contributed by atoms with E-state index in [1.54, 1.807) is 6.07 Å². The number of aromatic hydroxyl groups is 1. The molecule has 0 saturated carbocycles. The van der Waals surface area contributed by atoms with Crippen molar-refractivity contribution in [3.8, 4) is 5.75 Å². The van der Waals surface area contributed by atoms with Gasteiger partial charge in [0.25, 0.3) is 0 Å². The van der Waals surface area contributed by atoms with Crippen molar-refractivity contribution in [2.45, 2.75) is 26.2 Å². The molecule has 0 bridgehead atoms. The third-order valence-electron chi connectivity index (χ3n) is 2.70. The number of benzene rings is 1. The summed E-state index contributed by atoms with van der Waals surface area (Å²) in [7, 11) is 0. The number of carbonyl (C=O) groups is 1. The molecular formula is C11H12O2. The molecule has 2 heteroatoms. The van der Waals surface area contributed by atoms with Crippen molar-refractivity contribution in [3.63, 3.8) is 0 Å². The fourth-order valence-corrected chi connectivity index (χ4v) is 2.12.